The molecule has 2 rings (SSSR count). The summed E-state index contributed by atoms with van der Waals surface area (Å²) in [4.78, 5) is 16.9. The molecule has 1 fully saturated rings. The molecule has 1 N–H and O–H groups in total. The lowest BCUT2D eigenvalue weighted by Crippen LogP contribution is -2.54. The molecule has 1 aromatic rings. The van der Waals surface area contributed by atoms with E-state index in [0.717, 1.165) is 24.9 Å². The Hall–Kier alpha value is -0.970. The first-order chi connectivity index (χ1) is 11.0. The van der Waals surface area contributed by atoms with Gasteiger partial charge in [0.15, 0.2) is 0 Å². The van der Waals surface area contributed by atoms with Crippen LogP contribution < -0.4 is 5.32 Å². The van der Waals surface area contributed by atoms with Crippen LogP contribution in [-0.2, 0) is 0 Å². The smallest absolute Gasteiger partial charge is 0.319 e. The standard InChI is InChI=1S/C17H25Cl2N3O/c1-4-22(15-10-5-6-11-21(15)3)17(23)20-12(2)13-8-7-9-14(18)16(13)19/h7-9,12,15H,4-6,10-11H2,1-3H3,(H,20,23)/t12?,15-/m0/s1. The number of amides is 2. The largest absolute Gasteiger partial charge is 0.331 e. The number of halogens is 2. The number of carbonyl (C=O) groups is 1. The first-order valence-corrected chi connectivity index (χ1v) is 8.92. The number of hydrogen-bond donors (Lipinski definition) is 1. The van der Waals surface area contributed by atoms with Crippen molar-refractivity contribution in [3.05, 3.63) is 33.8 Å². The molecular weight excluding hydrogens is 333 g/mol. The fraction of sp³-hybridized carbons (Fsp3) is 0.588. The first kappa shape index (κ1) is 18.4. The Morgan fingerprint density at radius 2 is 2.17 bits per heavy atom. The number of nitrogens with zero attached hydrogens (tertiary/aromatic N) is 2. The van der Waals surface area contributed by atoms with Gasteiger partial charge in [-0.25, -0.2) is 4.79 Å². The van der Waals surface area contributed by atoms with Gasteiger partial charge in [-0.1, -0.05) is 35.3 Å². The quantitative estimate of drug-likeness (QED) is 0.859. The summed E-state index contributed by atoms with van der Waals surface area (Å²) in [6.07, 6.45) is 3.54. The first-order valence-electron chi connectivity index (χ1n) is 8.17. The topological polar surface area (TPSA) is 35.6 Å². The van der Waals surface area contributed by atoms with Gasteiger partial charge in [-0.2, -0.15) is 0 Å². The highest BCUT2D eigenvalue weighted by molar-refractivity contribution is 6.42. The highest BCUT2D eigenvalue weighted by atomic mass is 35.5. The van der Waals surface area contributed by atoms with Crippen molar-refractivity contribution >= 4 is 29.2 Å². The monoisotopic (exact) mass is 357 g/mol. The van der Waals surface area contributed by atoms with E-state index < -0.39 is 0 Å². The number of hydrogen-bond acceptors (Lipinski definition) is 2. The summed E-state index contributed by atoms with van der Waals surface area (Å²) >= 11 is 12.3. The molecule has 0 aliphatic carbocycles. The van der Waals surface area contributed by atoms with Gasteiger partial charge in [0.1, 0.15) is 0 Å². The maximum atomic E-state index is 12.7. The van der Waals surface area contributed by atoms with Crippen LogP contribution in [0.15, 0.2) is 18.2 Å². The van der Waals surface area contributed by atoms with Crippen LogP contribution in [0.1, 0.15) is 44.7 Å². The summed E-state index contributed by atoms with van der Waals surface area (Å²) in [6.45, 7) is 5.65. The molecule has 4 nitrogen and oxygen atoms in total. The molecule has 1 aromatic carbocycles. The summed E-state index contributed by atoms with van der Waals surface area (Å²) in [7, 11) is 2.08. The van der Waals surface area contributed by atoms with Crippen LogP contribution >= 0.6 is 23.2 Å². The van der Waals surface area contributed by atoms with Gasteiger partial charge in [-0.3, -0.25) is 4.90 Å². The fourth-order valence-electron chi connectivity index (χ4n) is 3.14. The van der Waals surface area contributed by atoms with Gasteiger partial charge in [0.05, 0.1) is 22.3 Å². The second kappa shape index (κ2) is 8.22. The normalized spacial score (nSPS) is 20.1. The van der Waals surface area contributed by atoms with Crippen LogP contribution in [0.3, 0.4) is 0 Å². The van der Waals surface area contributed by atoms with Crippen LogP contribution in [0.25, 0.3) is 0 Å². The van der Waals surface area contributed by atoms with Crippen molar-refractivity contribution in [3.63, 3.8) is 0 Å². The molecule has 0 bridgehead atoms. The average Bonchev–Trinajstić information content (AvgIpc) is 2.52. The molecule has 6 heteroatoms. The number of nitrogens with one attached hydrogen (secondary N) is 1. The molecule has 2 amide bonds. The van der Waals surface area contributed by atoms with Crippen molar-refractivity contribution in [2.75, 3.05) is 20.1 Å². The fourth-order valence-corrected chi connectivity index (χ4v) is 3.61. The Morgan fingerprint density at radius 3 is 2.83 bits per heavy atom. The highest BCUT2D eigenvalue weighted by Gasteiger charge is 2.28. The van der Waals surface area contributed by atoms with Crippen LogP contribution in [0.5, 0.6) is 0 Å². The Kier molecular flexibility index (Phi) is 6.57. The van der Waals surface area contributed by atoms with E-state index in [0.29, 0.717) is 16.6 Å². The molecule has 1 aliphatic heterocycles. The third-order valence-corrected chi connectivity index (χ3v) is 5.31. The third-order valence-electron chi connectivity index (χ3n) is 4.48. The Balaban J connectivity index is 2.08. The summed E-state index contributed by atoms with van der Waals surface area (Å²) < 4.78 is 0. The lowest BCUT2D eigenvalue weighted by atomic mass is 10.1. The number of piperidine rings is 1. The highest BCUT2D eigenvalue weighted by Crippen LogP contribution is 2.30. The molecule has 1 unspecified atom stereocenters. The van der Waals surface area contributed by atoms with Crippen LogP contribution in [-0.4, -0.2) is 42.1 Å². The van der Waals surface area contributed by atoms with Crippen LogP contribution in [0, 0.1) is 0 Å². The van der Waals surface area contributed by atoms with E-state index in [2.05, 4.69) is 17.3 Å². The Labute approximate surface area is 148 Å². The summed E-state index contributed by atoms with van der Waals surface area (Å²) in [5.74, 6) is 0. The minimum atomic E-state index is -0.198. The summed E-state index contributed by atoms with van der Waals surface area (Å²) in [5.41, 5.74) is 0.834. The van der Waals surface area contributed by atoms with Crippen molar-refractivity contribution in [1.29, 1.82) is 0 Å². The Morgan fingerprint density at radius 1 is 1.43 bits per heavy atom. The molecule has 0 radical (unpaired) electrons. The molecule has 0 aromatic heterocycles. The lowest BCUT2D eigenvalue weighted by Gasteiger charge is -2.40. The second-order valence-corrected chi connectivity index (χ2v) is 6.84. The zero-order valence-corrected chi connectivity index (χ0v) is 15.5. The molecule has 1 aliphatic rings. The number of likely N-dealkylation sites (tertiary alicyclic amines) is 1. The van der Waals surface area contributed by atoms with Crippen molar-refractivity contribution in [2.45, 2.75) is 45.3 Å². The van der Waals surface area contributed by atoms with Gasteiger partial charge in [-0.15, -0.1) is 0 Å². The van der Waals surface area contributed by atoms with Gasteiger partial charge >= 0.3 is 6.03 Å². The molecular formula is C17H25Cl2N3O. The van der Waals surface area contributed by atoms with E-state index in [-0.39, 0.29) is 18.2 Å². The minimum Gasteiger partial charge on any atom is -0.331 e. The van der Waals surface area contributed by atoms with Crippen LogP contribution in [0.2, 0.25) is 10.0 Å². The summed E-state index contributed by atoms with van der Waals surface area (Å²) in [5, 5.41) is 4.05. The Bertz CT molecular complexity index is 553. The number of rotatable bonds is 4. The van der Waals surface area contributed by atoms with E-state index in [1.807, 2.05) is 30.9 Å². The zero-order valence-electron chi connectivity index (χ0n) is 14.0. The minimum absolute atomic E-state index is 0.0604. The predicted molar refractivity (Wildman–Crippen MR) is 96.1 cm³/mol. The number of urea groups is 1. The molecule has 2 atom stereocenters. The van der Waals surface area contributed by atoms with E-state index in [4.69, 9.17) is 23.2 Å². The van der Waals surface area contributed by atoms with Crippen LogP contribution in [0.4, 0.5) is 4.79 Å². The van der Waals surface area contributed by atoms with Crippen molar-refractivity contribution in [1.82, 2.24) is 15.1 Å². The second-order valence-electron chi connectivity index (χ2n) is 6.06. The van der Waals surface area contributed by atoms with Crippen molar-refractivity contribution in [2.24, 2.45) is 0 Å². The molecule has 0 spiro atoms. The number of carbonyl (C=O) groups excluding carboxylic acids is 1. The van der Waals surface area contributed by atoms with Gasteiger partial charge < -0.3 is 10.2 Å². The number of benzene rings is 1. The molecule has 128 valence electrons. The maximum Gasteiger partial charge on any atom is 0.319 e. The van der Waals surface area contributed by atoms with Crippen molar-refractivity contribution in [3.8, 4) is 0 Å². The molecule has 23 heavy (non-hydrogen) atoms. The lowest BCUT2D eigenvalue weighted by molar-refractivity contribution is 0.0575. The summed E-state index contributed by atoms with van der Waals surface area (Å²) in [6, 6.07) is 5.23. The molecule has 0 saturated carbocycles. The van der Waals surface area contributed by atoms with E-state index in [1.165, 1.54) is 6.42 Å². The van der Waals surface area contributed by atoms with E-state index >= 15 is 0 Å². The van der Waals surface area contributed by atoms with Gasteiger partial charge in [-0.05, 0) is 58.3 Å². The van der Waals surface area contributed by atoms with Gasteiger partial charge in [0.2, 0.25) is 0 Å². The maximum absolute atomic E-state index is 12.7. The SMILES string of the molecule is CCN(C(=O)NC(C)c1cccc(Cl)c1Cl)[C@H]1CCCCN1C. The van der Waals surface area contributed by atoms with E-state index in [1.54, 1.807) is 6.07 Å². The average molecular weight is 358 g/mol. The molecule has 1 heterocycles. The van der Waals surface area contributed by atoms with Gasteiger partial charge in [0, 0.05) is 6.54 Å². The third kappa shape index (κ3) is 4.31. The zero-order chi connectivity index (χ0) is 17.0. The van der Waals surface area contributed by atoms with Crippen molar-refractivity contribution < 1.29 is 4.79 Å². The predicted octanol–water partition coefficient (Wildman–Crippen LogP) is 4.53. The van der Waals surface area contributed by atoms with E-state index in [9.17, 15) is 4.79 Å². The van der Waals surface area contributed by atoms with Gasteiger partial charge in [0.25, 0.3) is 0 Å². The molecule has 1 saturated heterocycles.